The van der Waals surface area contributed by atoms with Gasteiger partial charge in [0, 0.05) is 0 Å². The van der Waals surface area contributed by atoms with Gasteiger partial charge in [-0.05, 0) is 6.92 Å². The topological polar surface area (TPSA) is 69.4 Å². The molecule has 0 aromatic heterocycles. The van der Waals surface area contributed by atoms with Gasteiger partial charge in [0.25, 0.3) is 0 Å². The van der Waals surface area contributed by atoms with Gasteiger partial charge >= 0.3 is 11.9 Å². The van der Waals surface area contributed by atoms with Crippen LogP contribution in [0.25, 0.3) is 0 Å². The van der Waals surface area contributed by atoms with E-state index >= 15 is 0 Å². The molecule has 0 saturated carbocycles. The third-order valence-corrected chi connectivity index (χ3v) is 0.914. The van der Waals surface area contributed by atoms with E-state index in [0.29, 0.717) is 0 Å². The Kier molecular flexibility index (Phi) is 3.99. The van der Waals surface area contributed by atoms with Crippen LogP contribution in [0.5, 0.6) is 0 Å². The van der Waals surface area contributed by atoms with Gasteiger partial charge in [-0.15, -0.1) is 11.6 Å². The largest absolute Gasteiger partial charge is 0.391 e. The molecule has 5 heteroatoms. The number of esters is 2. The predicted octanol–water partition coefficient (Wildman–Crippen LogP) is -0.358. The number of hydrogen-bond acceptors (Lipinski definition) is 4. The Morgan fingerprint density at radius 3 is 2.50 bits per heavy atom. The van der Waals surface area contributed by atoms with Crippen molar-refractivity contribution in [3.63, 3.8) is 0 Å². The van der Waals surface area contributed by atoms with Gasteiger partial charge in [-0.2, -0.15) is 0 Å². The van der Waals surface area contributed by atoms with Gasteiger partial charge in [-0.3, -0.25) is 4.79 Å². The molecule has 0 unspecified atom stereocenters. The Morgan fingerprint density at radius 2 is 2.20 bits per heavy atom. The lowest BCUT2D eigenvalue weighted by Gasteiger charge is -2.01. The van der Waals surface area contributed by atoms with Crippen LogP contribution in [0.15, 0.2) is 0 Å². The first-order chi connectivity index (χ1) is 4.57. The fourth-order valence-corrected chi connectivity index (χ4v) is 0.287. The second kappa shape index (κ2) is 4.24. The molecule has 0 aromatic rings. The first-order valence-corrected chi connectivity index (χ1v) is 3.17. The molecule has 0 bridgehead atoms. The van der Waals surface area contributed by atoms with Crippen LogP contribution in [-0.4, -0.2) is 23.9 Å². The van der Waals surface area contributed by atoms with Crippen LogP contribution in [-0.2, 0) is 14.3 Å². The van der Waals surface area contributed by atoms with Crippen molar-refractivity contribution in [3.8, 4) is 0 Å². The lowest BCUT2D eigenvalue weighted by molar-refractivity contribution is -0.158. The standard InChI is InChI=1S/C5H8ClNO3/c1-3(7)5(9)10-4(8)2-6/h3H,2,7H2,1H3/t3-/m0/s1. The lowest BCUT2D eigenvalue weighted by atomic mass is 10.4. The van der Waals surface area contributed by atoms with Crippen molar-refractivity contribution >= 4 is 23.5 Å². The van der Waals surface area contributed by atoms with Gasteiger partial charge < -0.3 is 10.5 Å². The van der Waals surface area contributed by atoms with Crippen LogP contribution >= 0.6 is 11.6 Å². The van der Waals surface area contributed by atoms with Crippen LogP contribution in [0.2, 0.25) is 0 Å². The summed E-state index contributed by atoms with van der Waals surface area (Å²) in [6, 6.07) is -0.785. The molecule has 1 atom stereocenters. The maximum Gasteiger partial charge on any atom is 0.330 e. The molecule has 4 nitrogen and oxygen atoms in total. The summed E-state index contributed by atoms with van der Waals surface area (Å²) in [6.45, 7) is 1.42. The van der Waals surface area contributed by atoms with Crippen LogP contribution in [0.1, 0.15) is 6.92 Å². The van der Waals surface area contributed by atoms with Gasteiger partial charge in [0.05, 0.1) is 0 Å². The summed E-state index contributed by atoms with van der Waals surface area (Å²) in [7, 11) is 0. The molecule has 0 spiro atoms. The van der Waals surface area contributed by atoms with Crippen molar-refractivity contribution in [1.82, 2.24) is 0 Å². The molecular formula is C5H8ClNO3. The molecule has 0 aliphatic heterocycles. The van der Waals surface area contributed by atoms with Crippen molar-refractivity contribution < 1.29 is 14.3 Å². The Bertz CT molecular complexity index is 146. The van der Waals surface area contributed by atoms with E-state index in [0.717, 1.165) is 0 Å². The first kappa shape index (κ1) is 9.39. The Hall–Kier alpha value is -0.610. The van der Waals surface area contributed by atoms with Crippen molar-refractivity contribution in [2.45, 2.75) is 13.0 Å². The SMILES string of the molecule is C[C@H](N)C(=O)OC(=O)CCl. The highest BCUT2D eigenvalue weighted by Crippen LogP contribution is 1.87. The molecule has 0 saturated heterocycles. The van der Waals surface area contributed by atoms with Gasteiger partial charge in [-0.25, -0.2) is 4.79 Å². The highest BCUT2D eigenvalue weighted by molar-refractivity contribution is 6.27. The van der Waals surface area contributed by atoms with Crippen LogP contribution in [0.4, 0.5) is 0 Å². The molecule has 0 heterocycles. The maximum atomic E-state index is 10.5. The van der Waals surface area contributed by atoms with E-state index in [2.05, 4.69) is 4.74 Å². The third-order valence-electron chi connectivity index (χ3n) is 0.695. The average molecular weight is 166 g/mol. The molecule has 0 radical (unpaired) electrons. The highest BCUT2D eigenvalue weighted by Gasteiger charge is 2.12. The second-order valence-electron chi connectivity index (χ2n) is 1.72. The number of ether oxygens (including phenoxy) is 1. The quantitative estimate of drug-likeness (QED) is 0.345. The summed E-state index contributed by atoms with van der Waals surface area (Å²) in [5.74, 6) is -1.87. The van der Waals surface area contributed by atoms with Gasteiger partial charge in [-0.1, -0.05) is 0 Å². The van der Waals surface area contributed by atoms with E-state index in [1.54, 1.807) is 0 Å². The van der Waals surface area contributed by atoms with Crippen LogP contribution < -0.4 is 5.73 Å². The van der Waals surface area contributed by atoms with Gasteiger partial charge in [0.1, 0.15) is 11.9 Å². The minimum atomic E-state index is -0.785. The maximum absolute atomic E-state index is 10.5. The number of carbonyl (C=O) groups excluding carboxylic acids is 2. The first-order valence-electron chi connectivity index (χ1n) is 2.64. The zero-order valence-electron chi connectivity index (χ0n) is 5.46. The number of nitrogens with two attached hydrogens (primary N) is 1. The second-order valence-corrected chi connectivity index (χ2v) is 1.98. The molecule has 2 N–H and O–H groups in total. The normalized spacial score (nSPS) is 12.3. The molecule has 0 aliphatic rings. The Balaban J connectivity index is 3.69. The molecule has 0 aromatic carbocycles. The van der Waals surface area contributed by atoms with E-state index in [9.17, 15) is 9.59 Å². The van der Waals surface area contributed by atoms with Crippen molar-refractivity contribution in [2.75, 3.05) is 5.88 Å². The summed E-state index contributed by atoms with van der Waals surface area (Å²) in [5.41, 5.74) is 5.07. The van der Waals surface area contributed by atoms with Crippen molar-refractivity contribution in [3.05, 3.63) is 0 Å². The third kappa shape index (κ3) is 3.42. The zero-order valence-corrected chi connectivity index (χ0v) is 6.22. The Labute approximate surface area is 63.3 Å². The molecule has 0 aliphatic carbocycles. The number of alkyl halides is 1. The number of halogens is 1. The fraction of sp³-hybridized carbons (Fsp3) is 0.600. The fourth-order valence-electron chi connectivity index (χ4n) is 0.232. The molecule has 0 amide bonds. The van der Waals surface area contributed by atoms with Crippen LogP contribution in [0.3, 0.4) is 0 Å². The summed E-state index contributed by atoms with van der Waals surface area (Å²) < 4.78 is 4.13. The summed E-state index contributed by atoms with van der Waals surface area (Å²) in [6.07, 6.45) is 0. The molecule has 0 rings (SSSR count). The van der Waals surface area contributed by atoms with Gasteiger partial charge in [0.15, 0.2) is 0 Å². The number of rotatable bonds is 2. The van der Waals surface area contributed by atoms with Gasteiger partial charge in [0.2, 0.25) is 0 Å². The highest BCUT2D eigenvalue weighted by atomic mass is 35.5. The lowest BCUT2D eigenvalue weighted by Crippen LogP contribution is -2.30. The predicted molar refractivity (Wildman–Crippen MR) is 35.5 cm³/mol. The van der Waals surface area contributed by atoms with E-state index in [4.69, 9.17) is 17.3 Å². The zero-order chi connectivity index (χ0) is 8.15. The molecule has 0 fully saturated rings. The molecule has 10 heavy (non-hydrogen) atoms. The summed E-state index contributed by atoms with van der Waals surface area (Å²) >= 11 is 5.03. The number of carbonyl (C=O) groups is 2. The minimum absolute atomic E-state index is 0.335. The van der Waals surface area contributed by atoms with Crippen molar-refractivity contribution in [1.29, 1.82) is 0 Å². The van der Waals surface area contributed by atoms with Crippen molar-refractivity contribution in [2.24, 2.45) is 5.73 Å². The summed E-state index contributed by atoms with van der Waals surface area (Å²) in [4.78, 5) is 20.8. The monoisotopic (exact) mass is 165 g/mol. The molecular weight excluding hydrogens is 158 g/mol. The van der Waals surface area contributed by atoms with E-state index < -0.39 is 18.0 Å². The van der Waals surface area contributed by atoms with E-state index in [1.807, 2.05) is 0 Å². The van der Waals surface area contributed by atoms with E-state index in [-0.39, 0.29) is 5.88 Å². The van der Waals surface area contributed by atoms with Crippen LogP contribution in [0, 0.1) is 0 Å². The summed E-state index contributed by atoms with van der Waals surface area (Å²) in [5, 5.41) is 0. The number of hydrogen-bond donors (Lipinski definition) is 1. The minimum Gasteiger partial charge on any atom is -0.391 e. The average Bonchev–Trinajstić information content (AvgIpc) is 1.87. The van der Waals surface area contributed by atoms with E-state index in [1.165, 1.54) is 6.92 Å². The molecule has 58 valence electrons. The smallest absolute Gasteiger partial charge is 0.330 e. The Morgan fingerprint density at radius 1 is 1.70 bits per heavy atom.